The Morgan fingerprint density at radius 3 is 2.53 bits per heavy atom. The van der Waals surface area contributed by atoms with E-state index in [9.17, 15) is 4.79 Å². The van der Waals surface area contributed by atoms with Crippen molar-refractivity contribution in [2.24, 2.45) is 5.92 Å². The van der Waals surface area contributed by atoms with E-state index in [1.54, 1.807) is 0 Å². The van der Waals surface area contributed by atoms with E-state index in [4.69, 9.17) is 0 Å². The van der Waals surface area contributed by atoms with Gasteiger partial charge in [0.25, 0.3) is 5.56 Å². The molecule has 184 valence electrons. The zero-order valence-corrected chi connectivity index (χ0v) is 21.9. The maximum atomic E-state index is 13.2. The number of tetrazole rings is 1. The average molecular weight is 465 g/mol. The fourth-order valence-electron chi connectivity index (χ4n) is 5.51. The molecule has 1 N–H and O–H groups in total. The van der Waals surface area contributed by atoms with Gasteiger partial charge in [0.2, 0.25) is 0 Å². The predicted molar refractivity (Wildman–Crippen MR) is 137 cm³/mol. The standard InChI is InChI=1S/C27H40N6O/c1-8-27(6,7)33-25(29-30-31-33)24(17(2)3)32(21-11-9-10-12-21)16-20-15-22-19(5)13-18(4)14-23(22)28-26(20)34/h13-15,17,21,24H,8-12,16H2,1-7H3,(H,28,34)/t24-/m0/s1. The summed E-state index contributed by atoms with van der Waals surface area (Å²) < 4.78 is 2.01. The Morgan fingerprint density at radius 2 is 1.88 bits per heavy atom. The number of nitrogens with zero attached hydrogens (tertiary/aromatic N) is 5. The highest BCUT2D eigenvalue weighted by atomic mass is 16.1. The van der Waals surface area contributed by atoms with Crippen molar-refractivity contribution in [3.05, 3.63) is 51.1 Å². The first-order valence-electron chi connectivity index (χ1n) is 12.8. The molecular formula is C27H40N6O. The zero-order valence-electron chi connectivity index (χ0n) is 21.9. The minimum atomic E-state index is -0.178. The quantitative estimate of drug-likeness (QED) is 0.482. The number of aryl methyl sites for hydroxylation is 2. The van der Waals surface area contributed by atoms with E-state index in [1.807, 2.05) is 4.68 Å². The average Bonchev–Trinajstić information content (AvgIpc) is 3.46. The highest BCUT2D eigenvalue weighted by Crippen LogP contribution is 2.37. The number of hydrogen-bond acceptors (Lipinski definition) is 5. The van der Waals surface area contributed by atoms with Crippen molar-refractivity contribution in [1.82, 2.24) is 30.1 Å². The summed E-state index contributed by atoms with van der Waals surface area (Å²) in [7, 11) is 0. The molecule has 1 aliphatic rings. The van der Waals surface area contributed by atoms with Crippen LogP contribution in [0.1, 0.15) is 95.3 Å². The van der Waals surface area contributed by atoms with E-state index in [-0.39, 0.29) is 17.1 Å². The van der Waals surface area contributed by atoms with Gasteiger partial charge >= 0.3 is 0 Å². The van der Waals surface area contributed by atoms with E-state index in [1.165, 1.54) is 18.4 Å². The molecule has 0 unspecified atom stereocenters. The molecule has 0 saturated heterocycles. The fourth-order valence-corrected chi connectivity index (χ4v) is 5.51. The van der Waals surface area contributed by atoms with Crippen molar-refractivity contribution < 1.29 is 0 Å². The molecule has 1 saturated carbocycles. The van der Waals surface area contributed by atoms with Crippen LogP contribution in [0.2, 0.25) is 0 Å². The number of benzene rings is 1. The van der Waals surface area contributed by atoms with Gasteiger partial charge in [0.15, 0.2) is 5.82 Å². The molecule has 1 aromatic carbocycles. The van der Waals surface area contributed by atoms with E-state index in [0.717, 1.165) is 47.1 Å². The van der Waals surface area contributed by atoms with Gasteiger partial charge in [0.1, 0.15) is 0 Å². The molecule has 0 radical (unpaired) electrons. The van der Waals surface area contributed by atoms with Crippen molar-refractivity contribution in [2.45, 2.75) is 105 Å². The zero-order chi connectivity index (χ0) is 24.6. The number of aromatic amines is 1. The molecule has 0 amide bonds. The number of H-pyrrole nitrogens is 1. The molecule has 0 spiro atoms. The maximum absolute atomic E-state index is 13.2. The molecular weight excluding hydrogens is 424 g/mol. The highest BCUT2D eigenvalue weighted by Gasteiger charge is 2.37. The molecule has 7 heteroatoms. The molecule has 0 bridgehead atoms. The smallest absolute Gasteiger partial charge is 0.252 e. The summed E-state index contributed by atoms with van der Waals surface area (Å²) in [5, 5.41) is 14.2. The molecule has 34 heavy (non-hydrogen) atoms. The lowest BCUT2D eigenvalue weighted by molar-refractivity contribution is 0.0791. The topological polar surface area (TPSA) is 79.7 Å². The van der Waals surface area contributed by atoms with Gasteiger partial charge < -0.3 is 4.98 Å². The molecule has 2 heterocycles. The minimum absolute atomic E-state index is 0.00326. The van der Waals surface area contributed by atoms with Gasteiger partial charge in [0, 0.05) is 29.1 Å². The Kier molecular flexibility index (Phi) is 6.94. The first-order valence-corrected chi connectivity index (χ1v) is 12.8. The predicted octanol–water partition coefficient (Wildman–Crippen LogP) is 5.42. The second-order valence-electron chi connectivity index (χ2n) is 11.1. The van der Waals surface area contributed by atoms with Crippen LogP contribution in [0.25, 0.3) is 10.9 Å². The van der Waals surface area contributed by atoms with Crippen LogP contribution in [0.4, 0.5) is 0 Å². The number of fused-ring (bicyclic) bond motifs is 1. The van der Waals surface area contributed by atoms with Crippen LogP contribution in [0.3, 0.4) is 0 Å². The van der Waals surface area contributed by atoms with E-state index in [0.29, 0.717) is 18.5 Å². The summed E-state index contributed by atoms with van der Waals surface area (Å²) in [6.45, 7) is 15.8. The van der Waals surface area contributed by atoms with Crippen LogP contribution < -0.4 is 5.56 Å². The van der Waals surface area contributed by atoms with Crippen molar-refractivity contribution in [2.75, 3.05) is 0 Å². The summed E-state index contributed by atoms with van der Waals surface area (Å²) in [4.78, 5) is 18.9. The molecule has 2 aromatic heterocycles. The van der Waals surface area contributed by atoms with Crippen molar-refractivity contribution in [3.8, 4) is 0 Å². The molecule has 1 atom stereocenters. The van der Waals surface area contributed by atoms with Gasteiger partial charge in [-0.05, 0) is 86.6 Å². The van der Waals surface area contributed by atoms with E-state index in [2.05, 4.69) is 92.1 Å². The molecule has 1 fully saturated rings. The lowest BCUT2D eigenvalue weighted by Gasteiger charge is -2.39. The minimum Gasteiger partial charge on any atom is -0.322 e. The van der Waals surface area contributed by atoms with Gasteiger partial charge in [-0.3, -0.25) is 9.69 Å². The van der Waals surface area contributed by atoms with Crippen LogP contribution in [0, 0.1) is 19.8 Å². The summed E-state index contributed by atoms with van der Waals surface area (Å²) in [5.41, 5.74) is 3.89. The Labute approximate surface area is 202 Å². The normalized spacial score (nSPS) is 16.3. The number of pyridine rings is 1. The van der Waals surface area contributed by atoms with Crippen LogP contribution in [0.5, 0.6) is 0 Å². The molecule has 7 nitrogen and oxygen atoms in total. The third-order valence-electron chi connectivity index (χ3n) is 7.72. The number of aromatic nitrogens is 5. The van der Waals surface area contributed by atoms with Gasteiger partial charge in [-0.25, -0.2) is 4.68 Å². The first kappa shape index (κ1) is 24.6. The lowest BCUT2D eigenvalue weighted by Crippen LogP contribution is -2.42. The van der Waals surface area contributed by atoms with Gasteiger partial charge in [0.05, 0.1) is 11.6 Å². The lowest BCUT2D eigenvalue weighted by atomic mass is 9.95. The van der Waals surface area contributed by atoms with Gasteiger partial charge in [-0.1, -0.05) is 39.7 Å². The maximum Gasteiger partial charge on any atom is 0.252 e. The molecule has 4 rings (SSSR count). The second kappa shape index (κ2) is 9.61. The van der Waals surface area contributed by atoms with Crippen molar-refractivity contribution in [3.63, 3.8) is 0 Å². The molecule has 1 aliphatic carbocycles. The van der Waals surface area contributed by atoms with Crippen LogP contribution in [0.15, 0.2) is 23.0 Å². The Hall–Kier alpha value is -2.54. The third-order valence-corrected chi connectivity index (χ3v) is 7.72. The second-order valence-corrected chi connectivity index (χ2v) is 11.1. The summed E-state index contributed by atoms with van der Waals surface area (Å²) >= 11 is 0. The third kappa shape index (κ3) is 4.67. The Morgan fingerprint density at radius 1 is 1.18 bits per heavy atom. The summed E-state index contributed by atoms with van der Waals surface area (Å²) in [6, 6.07) is 6.77. The van der Waals surface area contributed by atoms with Crippen molar-refractivity contribution in [1.29, 1.82) is 0 Å². The molecule has 0 aliphatic heterocycles. The largest absolute Gasteiger partial charge is 0.322 e. The number of nitrogens with one attached hydrogen (secondary N) is 1. The van der Waals surface area contributed by atoms with Crippen LogP contribution in [-0.4, -0.2) is 36.1 Å². The van der Waals surface area contributed by atoms with Crippen molar-refractivity contribution >= 4 is 10.9 Å². The summed E-state index contributed by atoms with van der Waals surface area (Å²) in [6.07, 6.45) is 5.67. The number of hydrogen-bond donors (Lipinski definition) is 1. The Bertz CT molecular complexity index is 1200. The highest BCUT2D eigenvalue weighted by molar-refractivity contribution is 5.83. The van der Waals surface area contributed by atoms with Gasteiger partial charge in [-0.15, -0.1) is 5.10 Å². The number of rotatable bonds is 8. The van der Waals surface area contributed by atoms with Crippen LogP contribution in [-0.2, 0) is 12.1 Å². The van der Waals surface area contributed by atoms with E-state index < -0.39 is 0 Å². The fraction of sp³-hybridized carbons (Fsp3) is 0.630. The van der Waals surface area contributed by atoms with Gasteiger partial charge in [-0.2, -0.15) is 0 Å². The first-order chi connectivity index (χ1) is 16.1. The summed E-state index contributed by atoms with van der Waals surface area (Å²) in [5.74, 6) is 1.19. The van der Waals surface area contributed by atoms with E-state index >= 15 is 0 Å². The SMILES string of the molecule is CCC(C)(C)n1nnnc1[C@H](C(C)C)N(Cc1cc2c(C)cc(C)cc2[nH]c1=O)C1CCCC1. The molecule has 3 aromatic rings. The van der Waals surface area contributed by atoms with Crippen LogP contribution >= 0.6 is 0 Å². The monoisotopic (exact) mass is 464 g/mol. The Balaban J connectivity index is 1.81.